The molecule has 0 amide bonds. The number of nitrogens with zero attached hydrogens (tertiary/aromatic N) is 3. The third-order valence-electron chi connectivity index (χ3n) is 4.10. The zero-order chi connectivity index (χ0) is 18.8. The van der Waals surface area contributed by atoms with Crippen LogP contribution in [0.1, 0.15) is 16.3 Å². The van der Waals surface area contributed by atoms with Gasteiger partial charge in [-0.15, -0.1) is 11.3 Å². The van der Waals surface area contributed by atoms with E-state index >= 15 is 0 Å². The highest BCUT2D eigenvalue weighted by atomic mass is 32.2. The Kier molecular flexibility index (Phi) is 5.05. The molecule has 0 saturated heterocycles. The van der Waals surface area contributed by atoms with E-state index in [-0.39, 0.29) is 11.4 Å². The number of thiazole rings is 1. The molecule has 2 aromatic carbocycles. The van der Waals surface area contributed by atoms with Crippen LogP contribution in [0.2, 0.25) is 0 Å². The smallest absolute Gasteiger partial charge is 0.262 e. The van der Waals surface area contributed by atoms with Gasteiger partial charge in [-0.3, -0.25) is 9.36 Å². The number of hydrogen-bond acceptors (Lipinski definition) is 5. The van der Waals surface area contributed by atoms with Crippen molar-refractivity contribution in [1.82, 2.24) is 14.5 Å². The molecule has 2 aromatic heterocycles. The van der Waals surface area contributed by atoms with Crippen LogP contribution in [0.15, 0.2) is 63.9 Å². The van der Waals surface area contributed by atoms with Crippen LogP contribution < -0.4 is 5.56 Å². The SMILES string of the molecule is Cc1nc(CSc2nc3ccccc3c(=O)n2Cc2ccc(F)cc2)cs1. The third kappa shape index (κ3) is 3.94. The summed E-state index contributed by atoms with van der Waals surface area (Å²) in [6, 6.07) is 13.5. The lowest BCUT2D eigenvalue weighted by Gasteiger charge is -2.13. The van der Waals surface area contributed by atoms with Gasteiger partial charge in [0.2, 0.25) is 0 Å². The van der Waals surface area contributed by atoms with Gasteiger partial charge in [-0.25, -0.2) is 14.4 Å². The topological polar surface area (TPSA) is 47.8 Å². The van der Waals surface area contributed by atoms with Gasteiger partial charge < -0.3 is 0 Å². The van der Waals surface area contributed by atoms with E-state index in [1.54, 1.807) is 34.1 Å². The summed E-state index contributed by atoms with van der Waals surface area (Å²) in [5.74, 6) is 0.342. The first kappa shape index (κ1) is 17.9. The molecule has 27 heavy (non-hydrogen) atoms. The van der Waals surface area contributed by atoms with Crippen molar-refractivity contribution in [3.05, 3.63) is 86.3 Å². The third-order valence-corrected chi connectivity index (χ3v) is 5.93. The van der Waals surface area contributed by atoms with Gasteiger partial charge in [-0.1, -0.05) is 36.0 Å². The monoisotopic (exact) mass is 397 g/mol. The molecule has 136 valence electrons. The van der Waals surface area contributed by atoms with Gasteiger partial charge in [0, 0.05) is 11.1 Å². The van der Waals surface area contributed by atoms with Crippen LogP contribution in [0.3, 0.4) is 0 Å². The maximum Gasteiger partial charge on any atom is 0.262 e. The molecule has 4 rings (SSSR count). The average Bonchev–Trinajstić information content (AvgIpc) is 3.09. The van der Waals surface area contributed by atoms with Crippen LogP contribution in [0.25, 0.3) is 10.9 Å². The quantitative estimate of drug-likeness (QED) is 0.364. The van der Waals surface area contributed by atoms with Crippen LogP contribution in [-0.4, -0.2) is 14.5 Å². The predicted molar refractivity (Wildman–Crippen MR) is 108 cm³/mol. The van der Waals surface area contributed by atoms with E-state index in [1.807, 2.05) is 30.5 Å². The van der Waals surface area contributed by atoms with E-state index in [2.05, 4.69) is 4.98 Å². The largest absolute Gasteiger partial charge is 0.283 e. The van der Waals surface area contributed by atoms with Crippen LogP contribution >= 0.6 is 23.1 Å². The number of para-hydroxylation sites is 1. The number of aromatic nitrogens is 3. The van der Waals surface area contributed by atoms with Crippen molar-refractivity contribution >= 4 is 34.0 Å². The van der Waals surface area contributed by atoms with E-state index in [1.165, 1.54) is 23.9 Å². The van der Waals surface area contributed by atoms with E-state index < -0.39 is 0 Å². The molecule has 4 aromatic rings. The Labute approximate surface area is 163 Å². The number of benzene rings is 2. The molecule has 0 spiro atoms. The Hall–Kier alpha value is -2.51. The highest BCUT2D eigenvalue weighted by molar-refractivity contribution is 7.98. The van der Waals surface area contributed by atoms with Crippen molar-refractivity contribution < 1.29 is 4.39 Å². The maximum absolute atomic E-state index is 13.2. The van der Waals surface area contributed by atoms with Crippen molar-refractivity contribution in [2.75, 3.05) is 0 Å². The van der Waals surface area contributed by atoms with E-state index in [9.17, 15) is 9.18 Å². The zero-order valence-corrected chi connectivity index (χ0v) is 16.2. The summed E-state index contributed by atoms with van der Waals surface area (Å²) in [5, 5.41) is 4.24. The van der Waals surface area contributed by atoms with Crippen molar-refractivity contribution in [2.45, 2.75) is 24.4 Å². The Morgan fingerprint density at radius 3 is 2.63 bits per heavy atom. The summed E-state index contributed by atoms with van der Waals surface area (Å²) < 4.78 is 14.9. The fourth-order valence-electron chi connectivity index (χ4n) is 2.78. The zero-order valence-electron chi connectivity index (χ0n) is 14.6. The van der Waals surface area contributed by atoms with E-state index in [0.717, 1.165) is 16.3 Å². The maximum atomic E-state index is 13.2. The molecule has 0 aliphatic heterocycles. The Bertz CT molecular complexity index is 1150. The lowest BCUT2D eigenvalue weighted by Crippen LogP contribution is -2.24. The predicted octanol–water partition coefficient (Wildman–Crippen LogP) is 4.64. The van der Waals surface area contributed by atoms with Crippen molar-refractivity contribution in [1.29, 1.82) is 0 Å². The standard InChI is InChI=1S/C20H16FN3OS2/c1-13-22-16(11-26-13)12-27-20-23-18-5-3-2-4-17(18)19(25)24(20)10-14-6-8-15(21)9-7-14/h2-9,11H,10,12H2,1H3. The van der Waals surface area contributed by atoms with Crippen molar-refractivity contribution in [3.8, 4) is 0 Å². The molecule has 0 N–H and O–H groups in total. The number of rotatable bonds is 5. The lowest BCUT2D eigenvalue weighted by molar-refractivity contribution is 0.622. The molecule has 0 fully saturated rings. The molecule has 0 unspecified atom stereocenters. The van der Waals surface area contributed by atoms with Crippen LogP contribution in [0.5, 0.6) is 0 Å². The average molecular weight is 398 g/mol. The first-order chi connectivity index (χ1) is 13.1. The number of fused-ring (bicyclic) bond motifs is 1. The van der Waals surface area contributed by atoms with Crippen LogP contribution in [0, 0.1) is 12.7 Å². The molecular weight excluding hydrogens is 381 g/mol. The van der Waals surface area contributed by atoms with Gasteiger partial charge in [0.15, 0.2) is 5.16 Å². The number of thioether (sulfide) groups is 1. The number of aryl methyl sites for hydroxylation is 1. The Morgan fingerprint density at radius 1 is 1.11 bits per heavy atom. The molecule has 4 nitrogen and oxygen atoms in total. The van der Waals surface area contributed by atoms with Gasteiger partial charge in [-0.2, -0.15) is 0 Å². The van der Waals surface area contributed by atoms with Gasteiger partial charge in [0.25, 0.3) is 5.56 Å². The first-order valence-electron chi connectivity index (χ1n) is 8.38. The van der Waals surface area contributed by atoms with E-state index in [0.29, 0.717) is 28.4 Å². The summed E-state index contributed by atoms with van der Waals surface area (Å²) in [5.41, 5.74) is 2.40. The summed E-state index contributed by atoms with van der Waals surface area (Å²) in [7, 11) is 0. The van der Waals surface area contributed by atoms with E-state index in [4.69, 9.17) is 4.98 Å². The Morgan fingerprint density at radius 2 is 1.89 bits per heavy atom. The first-order valence-corrected chi connectivity index (χ1v) is 10.2. The fraction of sp³-hybridized carbons (Fsp3) is 0.150. The molecule has 0 saturated carbocycles. The highest BCUT2D eigenvalue weighted by Crippen LogP contribution is 2.23. The molecule has 0 bridgehead atoms. The molecular formula is C20H16FN3OS2. The molecule has 0 radical (unpaired) electrons. The summed E-state index contributed by atoms with van der Waals surface area (Å²) in [6.07, 6.45) is 0. The lowest BCUT2D eigenvalue weighted by atomic mass is 10.2. The van der Waals surface area contributed by atoms with Gasteiger partial charge >= 0.3 is 0 Å². The van der Waals surface area contributed by atoms with Crippen molar-refractivity contribution in [2.24, 2.45) is 0 Å². The molecule has 0 atom stereocenters. The summed E-state index contributed by atoms with van der Waals surface area (Å²) in [6.45, 7) is 2.31. The highest BCUT2D eigenvalue weighted by Gasteiger charge is 2.13. The van der Waals surface area contributed by atoms with Crippen LogP contribution in [0.4, 0.5) is 4.39 Å². The summed E-state index contributed by atoms with van der Waals surface area (Å²) >= 11 is 3.09. The minimum atomic E-state index is -0.295. The molecule has 0 aliphatic rings. The molecule has 2 heterocycles. The minimum absolute atomic E-state index is 0.0955. The number of halogens is 1. The van der Waals surface area contributed by atoms with Crippen molar-refractivity contribution in [3.63, 3.8) is 0 Å². The normalized spacial score (nSPS) is 11.2. The van der Waals surface area contributed by atoms with Gasteiger partial charge in [0.05, 0.1) is 28.1 Å². The molecule has 7 heteroatoms. The fourth-order valence-corrected chi connectivity index (χ4v) is 4.39. The second kappa shape index (κ2) is 7.62. The number of hydrogen-bond donors (Lipinski definition) is 0. The second-order valence-corrected chi connectivity index (χ2v) is 8.08. The minimum Gasteiger partial charge on any atom is -0.283 e. The second-order valence-electron chi connectivity index (χ2n) is 6.08. The summed E-state index contributed by atoms with van der Waals surface area (Å²) in [4.78, 5) is 22.2. The van der Waals surface area contributed by atoms with Gasteiger partial charge in [-0.05, 0) is 36.8 Å². The van der Waals surface area contributed by atoms with Crippen LogP contribution in [-0.2, 0) is 12.3 Å². The molecule has 0 aliphatic carbocycles. The Balaban J connectivity index is 1.74. The van der Waals surface area contributed by atoms with Gasteiger partial charge in [0.1, 0.15) is 5.82 Å².